The first-order chi connectivity index (χ1) is 13.1. The van der Waals surface area contributed by atoms with E-state index in [2.05, 4.69) is 0 Å². The number of hydrogen-bond acceptors (Lipinski definition) is 3. The van der Waals surface area contributed by atoms with Crippen molar-refractivity contribution in [3.8, 4) is 16.9 Å². The molecule has 4 rings (SSSR count). The molecule has 27 heavy (non-hydrogen) atoms. The van der Waals surface area contributed by atoms with Crippen LogP contribution in [0.4, 0.5) is 0 Å². The molecule has 0 N–H and O–H groups in total. The van der Waals surface area contributed by atoms with Crippen LogP contribution in [-0.4, -0.2) is 15.1 Å². The second-order valence-electron chi connectivity index (χ2n) is 6.28. The van der Waals surface area contributed by atoms with Crippen LogP contribution >= 0.6 is 0 Å². The summed E-state index contributed by atoms with van der Waals surface area (Å²) in [6.07, 6.45) is 0. The van der Waals surface area contributed by atoms with Crippen molar-refractivity contribution in [3.63, 3.8) is 0 Å². The Morgan fingerprint density at radius 3 is 2.11 bits per heavy atom. The van der Waals surface area contributed by atoms with Gasteiger partial charge in [-0.15, -0.1) is 0 Å². The average molecular weight is 358 g/mol. The Balaban J connectivity index is 1.52. The minimum Gasteiger partial charge on any atom is -0.425 e. The number of fused-ring (bicyclic) bond motifs is 1. The average Bonchev–Trinajstić information content (AvgIpc) is 2.94. The lowest BCUT2D eigenvalue weighted by Gasteiger charge is -2.07. The summed E-state index contributed by atoms with van der Waals surface area (Å²) >= 11 is 0. The minimum atomic E-state index is -0.485. The van der Waals surface area contributed by atoms with Gasteiger partial charge in [0.05, 0.1) is 11.0 Å². The molecule has 0 unspecified atom stereocenters. The van der Waals surface area contributed by atoms with Gasteiger partial charge >= 0.3 is 11.7 Å². The molecule has 0 spiro atoms. The molecular formula is C22H18N2O3. The van der Waals surface area contributed by atoms with Crippen molar-refractivity contribution in [2.24, 2.45) is 7.05 Å². The normalized spacial score (nSPS) is 10.9. The highest BCUT2D eigenvalue weighted by Gasteiger charge is 2.14. The minimum absolute atomic E-state index is 0.138. The van der Waals surface area contributed by atoms with E-state index in [0.29, 0.717) is 11.3 Å². The molecule has 0 saturated heterocycles. The van der Waals surface area contributed by atoms with Crippen molar-refractivity contribution in [2.75, 3.05) is 0 Å². The van der Waals surface area contributed by atoms with Crippen molar-refractivity contribution >= 4 is 17.0 Å². The lowest BCUT2D eigenvalue weighted by atomic mass is 10.1. The number of nitrogens with zero attached hydrogens (tertiary/aromatic N) is 2. The number of aromatic nitrogens is 2. The molecule has 0 radical (unpaired) electrons. The molecule has 0 aliphatic rings. The predicted octanol–water partition coefficient (Wildman–Crippen LogP) is 3.61. The highest BCUT2D eigenvalue weighted by Crippen LogP contribution is 2.22. The van der Waals surface area contributed by atoms with Crippen LogP contribution in [0.2, 0.25) is 0 Å². The topological polar surface area (TPSA) is 53.2 Å². The highest BCUT2D eigenvalue weighted by atomic mass is 16.5. The zero-order valence-corrected chi connectivity index (χ0v) is 14.8. The fraction of sp³-hybridized carbons (Fsp3) is 0.0909. The Bertz CT molecular complexity index is 1160. The molecule has 1 heterocycles. The number of imidazole rings is 1. The third-order valence-corrected chi connectivity index (χ3v) is 4.53. The number of para-hydroxylation sites is 2. The summed E-state index contributed by atoms with van der Waals surface area (Å²) in [4.78, 5) is 24.7. The summed E-state index contributed by atoms with van der Waals surface area (Å²) in [5.74, 6) is -0.0334. The second-order valence-corrected chi connectivity index (χ2v) is 6.28. The number of esters is 1. The number of aryl methyl sites for hydroxylation is 1. The summed E-state index contributed by atoms with van der Waals surface area (Å²) in [6.45, 7) is -0.138. The molecule has 3 aromatic carbocycles. The lowest BCUT2D eigenvalue weighted by Crippen LogP contribution is -2.27. The van der Waals surface area contributed by atoms with E-state index in [1.165, 1.54) is 9.13 Å². The number of ether oxygens (including phenoxy) is 1. The molecule has 5 nitrogen and oxygen atoms in total. The molecule has 0 saturated carbocycles. The maximum Gasteiger partial charge on any atom is 0.331 e. The molecule has 0 fully saturated rings. The van der Waals surface area contributed by atoms with Crippen molar-refractivity contribution in [1.82, 2.24) is 9.13 Å². The Labute approximate surface area is 156 Å². The van der Waals surface area contributed by atoms with Gasteiger partial charge in [-0.25, -0.2) is 9.59 Å². The Morgan fingerprint density at radius 2 is 1.41 bits per heavy atom. The fourth-order valence-corrected chi connectivity index (χ4v) is 3.15. The monoisotopic (exact) mass is 358 g/mol. The zero-order valence-electron chi connectivity index (χ0n) is 14.8. The van der Waals surface area contributed by atoms with Crippen molar-refractivity contribution in [1.29, 1.82) is 0 Å². The Morgan fingerprint density at radius 1 is 0.815 bits per heavy atom. The number of hydrogen-bond donors (Lipinski definition) is 0. The van der Waals surface area contributed by atoms with Crippen molar-refractivity contribution < 1.29 is 9.53 Å². The largest absolute Gasteiger partial charge is 0.425 e. The Kier molecular flexibility index (Phi) is 4.34. The van der Waals surface area contributed by atoms with Crippen molar-refractivity contribution in [2.45, 2.75) is 6.54 Å². The van der Waals surface area contributed by atoms with Gasteiger partial charge in [0.25, 0.3) is 0 Å². The van der Waals surface area contributed by atoms with E-state index in [0.717, 1.165) is 16.6 Å². The maximum absolute atomic E-state index is 12.4. The molecule has 0 bridgehead atoms. The van der Waals surface area contributed by atoms with Gasteiger partial charge < -0.3 is 4.74 Å². The summed E-state index contributed by atoms with van der Waals surface area (Å²) < 4.78 is 8.37. The lowest BCUT2D eigenvalue weighted by molar-refractivity contribution is -0.135. The van der Waals surface area contributed by atoms with Gasteiger partial charge in [0.2, 0.25) is 0 Å². The van der Waals surface area contributed by atoms with E-state index in [1.807, 2.05) is 66.7 Å². The highest BCUT2D eigenvalue weighted by molar-refractivity contribution is 5.79. The first-order valence-corrected chi connectivity index (χ1v) is 8.64. The summed E-state index contributed by atoms with van der Waals surface area (Å²) in [5, 5.41) is 0. The van der Waals surface area contributed by atoms with Crippen LogP contribution in [0.1, 0.15) is 0 Å². The van der Waals surface area contributed by atoms with Gasteiger partial charge in [-0.3, -0.25) is 9.13 Å². The molecule has 134 valence electrons. The van der Waals surface area contributed by atoms with Crippen LogP contribution < -0.4 is 10.4 Å². The predicted molar refractivity (Wildman–Crippen MR) is 105 cm³/mol. The van der Waals surface area contributed by atoms with E-state index in [9.17, 15) is 9.59 Å². The maximum atomic E-state index is 12.4. The van der Waals surface area contributed by atoms with E-state index >= 15 is 0 Å². The fourth-order valence-electron chi connectivity index (χ4n) is 3.15. The number of rotatable bonds is 4. The SMILES string of the molecule is Cn1c(=O)n(CC(=O)Oc2ccc(-c3ccccc3)cc2)c2ccccc21. The quantitative estimate of drug-likeness (QED) is 0.414. The van der Waals surface area contributed by atoms with Crippen LogP contribution in [0.5, 0.6) is 5.75 Å². The van der Waals surface area contributed by atoms with Gasteiger partial charge in [-0.05, 0) is 35.4 Å². The van der Waals surface area contributed by atoms with Gasteiger partial charge in [-0.2, -0.15) is 0 Å². The van der Waals surface area contributed by atoms with Gasteiger partial charge in [0.15, 0.2) is 0 Å². The molecule has 0 aliphatic heterocycles. The molecule has 1 aromatic heterocycles. The summed E-state index contributed by atoms with van der Waals surface area (Å²) in [5.41, 5.74) is 3.38. The van der Waals surface area contributed by atoms with Gasteiger partial charge in [-0.1, -0.05) is 54.6 Å². The Hall–Kier alpha value is -3.60. The summed E-state index contributed by atoms with van der Waals surface area (Å²) in [6, 6.07) is 24.7. The molecule has 0 amide bonds. The van der Waals surface area contributed by atoms with E-state index in [1.54, 1.807) is 19.2 Å². The van der Waals surface area contributed by atoms with Crippen LogP contribution in [0.15, 0.2) is 83.7 Å². The number of benzene rings is 3. The third kappa shape index (κ3) is 3.27. The van der Waals surface area contributed by atoms with E-state index in [4.69, 9.17) is 4.74 Å². The number of carbonyl (C=O) groups excluding carboxylic acids is 1. The first kappa shape index (κ1) is 16.8. The van der Waals surface area contributed by atoms with Crippen molar-refractivity contribution in [3.05, 3.63) is 89.3 Å². The molecular weight excluding hydrogens is 340 g/mol. The molecule has 5 heteroatoms. The standard InChI is InChI=1S/C22H18N2O3/c1-23-19-9-5-6-10-20(19)24(22(23)26)15-21(25)27-18-13-11-17(12-14-18)16-7-3-2-4-8-16/h2-14H,15H2,1H3. The van der Waals surface area contributed by atoms with Gasteiger partial charge in [0, 0.05) is 7.05 Å². The third-order valence-electron chi connectivity index (χ3n) is 4.53. The van der Waals surface area contributed by atoms with Crippen LogP contribution in [0.25, 0.3) is 22.2 Å². The van der Waals surface area contributed by atoms with E-state index in [-0.39, 0.29) is 12.2 Å². The smallest absolute Gasteiger partial charge is 0.331 e. The van der Waals surface area contributed by atoms with Crippen LogP contribution in [0.3, 0.4) is 0 Å². The molecule has 0 atom stereocenters. The molecule has 0 aliphatic carbocycles. The van der Waals surface area contributed by atoms with Crippen LogP contribution in [-0.2, 0) is 18.4 Å². The van der Waals surface area contributed by atoms with Crippen LogP contribution in [0, 0.1) is 0 Å². The zero-order chi connectivity index (χ0) is 18.8. The summed E-state index contributed by atoms with van der Waals surface area (Å²) in [7, 11) is 1.69. The second kappa shape index (κ2) is 6.96. The molecule has 4 aromatic rings. The van der Waals surface area contributed by atoms with E-state index < -0.39 is 5.97 Å². The first-order valence-electron chi connectivity index (χ1n) is 8.64. The van der Waals surface area contributed by atoms with Gasteiger partial charge in [0.1, 0.15) is 12.3 Å². The number of carbonyl (C=O) groups is 1.